The summed E-state index contributed by atoms with van der Waals surface area (Å²) in [5.41, 5.74) is 7.80. The van der Waals surface area contributed by atoms with Crippen LogP contribution in [-0.4, -0.2) is 28.8 Å². The van der Waals surface area contributed by atoms with E-state index in [-0.39, 0.29) is 6.04 Å². The van der Waals surface area contributed by atoms with Crippen LogP contribution >= 0.6 is 23.4 Å². The maximum atomic E-state index is 6.04. The highest BCUT2D eigenvalue weighted by atomic mass is 35.5. The summed E-state index contributed by atoms with van der Waals surface area (Å²) in [5, 5.41) is 4.67. The number of aromatic nitrogens is 2. The molecule has 0 saturated carbocycles. The van der Waals surface area contributed by atoms with E-state index >= 15 is 0 Å². The van der Waals surface area contributed by atoms with Gasteiger partial charge in [-0.05, 0) is 42.7 Å². The van der Waals surface area contributed by atoms with Crippen LogP contribution in [0.4, 0.5) is 0 Å². The van der Waals surface area contributed by atoms with Gasteiger partial charge in [0.1, 0.15) is 12.4 Å². The Morgan fingerprint density at radius 2 is 2.32 bits per heavy atom. The maximum Gasteiger partial charge on any atom is 0.243 e. The molecule has 0 bridgehead atoms. The molecule has 2 heterocycles. The molecular weight excluding hydrogens is 322 g/mol. The minimum absolute atomic E-state index is 0.236. The summed E-state index contributed by atoms with van der Waals surface area (Å²) in [4.78, 5) is 4.39. The Morgan fingerprint density at radius 3 is 3.14 bits per heavy atom. The number of rotatable bonds is 5. The quantitative estimate of drug-likeness (QED) is 0.901. The molecule has 0 aliphatic carbocycles. The Hall–Kier alpha value is -1.50. The highest BCUT2D eigenvalue weighted by Crippen LogP contribution is 2.31. The number of thioether (sulfide) groups is 1. The lowest BCUT2D eigenvalue weighted by molar-refractivity contribution is 0.347. The van der Waals surface area contributed by atoms with Gasteiger partial charge in [-0.3, -0.25) is 0 Å². The van der Waals surface area contributed by atoms with Crippen LogP contribution < -0.4 is 10.5 Å². The average Bonchev–Trinajstić information content (AvgIpc) is 3.02. The van der Waals surface area contributed by atoms with Gasteiger partial charge in [-0.1, -0.05) is 16.8 Å². The molecule has 116 valence electrons. The number of ether oxygens (including phenoxy) is 1. The molecule has 3 rings (SSSR count). The van der Waals surface area contributed by atoms with Crippen molar-refractivity contribution in [2.24, 2.45) is 5.73 Å². The van der Waals surface area contributed by atoms with Crippen molar-refractivity contribution in [2.75, 3.05) is 18.6 Å². The van der Waals surface area contributed by atoms with E-state index in [9.17, 15) is 0 Å². The molecule has 1 aliphatic rings. The lowest BCUT2D eigenvalue weighted by atomic mass is 10.1. The van der Waals surface area contributed by atoms with Crippen molar-refractivity contribution in [2.45, 2.75) is 12.5 Å². The van der Waals surface area contributed by atoms with E-state index in [1.54, 1.807) is 17.8 Å². The van der Waals surface area contributed by atoms with E-state index in [0.717, 1.165) is 29.1 Å². The first-order valence-electron chi connectivity index (χ1n) is 6.89. The molecule has 0 fully saturated rings. The third-order valence-electron chi connectivity index (χ3n) is 3.36. The van der Waals surface area contributed by atoms with E-state index in [1.807, 2.05) is 24.5 Å². The zero-order chi connectivity index (χ0) is 15.5. The van der Waals surface area contributed by atoms with Gasteiger partial charge >= 0.3 is 0 Å². The molecule has 2 N–H and O–H groups in total. The van der Waals surface area contributed by atoms with Crippen molar-refractivity contribution >= 4 is 35.0 Å². The summed E-state index contributed by atoms with van der Waals surface area (Å²) in [6, 6.07) is 5.27. The lowest BCUT2D eigenvalue weighted by Gasteiger charge is -2.16. The zero-order valence-corrected chi connectivity index (χ0v) is 13.7. The van der Waals surface area contributed by atoms with Gasteiger partial charge in [0.15, 0.2) is 0 Å². The number of hydrogen-bond donors (Lipinski definition) is 1. The minimum atomic E-state index is -0.236. The third-order valence-corrected chi connectivity index (χ3v) is 4.24. The van der Waals surface area contributed by atoms with Crippen molar-refractivity contribution in [1.82, 2.24) is 10.1 Å². The van der Waals surface area contributed by atoms with E-state index < -0.39 is 0 Å². The molecule has 0 radical (unpaired) electrons. The number of nitrogens with two attached hydrogens (primary N) is 1. The van der Waals surface area contributed by atoms with Gasteiger partial charge in [0.2, 0.25) is 11.7 Å². The fourth-order valence-electron chi connectivity index (χ4n) is 2.16. The first-order chi connectivity index (χ1) is 10.7. The van der Waals surface area contributed by atoms with Crippen LogP contribution in [0.3, 0.4) is 0 Å². The number of nitrogens with zero attached hydrogens (tertiary/aromatic N) is 2. The molecule has 1 aromatic heterocycles. The number of hydrogen-bond acceptors (Lipinski definition) is 6. The molecule has 7 heteroatoms. The van der Waals surface area contributed by atoms with Crippen LogP contribution in [0.5, 0.6) is 5.75 Å². The van der Waals surface area contributed by atoms with Crippen molar-refractivity contribution < 1.29 is 9.26 Å². The fraction of sp³-hybridized carbons (Fsp3) is 0.333. The molecule has 5 nitrogen and oxygen atoms in total. The van der Waals surface area contributed by atoms with Crippen LogP contribution in [0.25, 0.3) is 11.6 Å². The number of benzene rings is 1. The summed E-state index contributed by atoms with van der Waals surface area (Å²) < 4.78 is 11.0. The van der Waals surface area contributed by atoms with E-state index in [4.69, 9.17) is 26.6 Å². The second kappa shape index (κ2) is 6.73. The first kappa shape index (κ1) is 15.4. The molecule has 0 unspecified atom stereocenters. The zero-order valence-electron chi connectivity index (χ0n) is 12.1. The van der Waals surface area contributed by atoms with Crippen LogP contribution in [0.1, 0.15) is 29.7 Å². The lowest BCUT2D eigenvalue weighted by Crippen LogP contribution is -2.12. The molecular formula is C15H16ClN3O2S. The summed E-state index contributed by atoms with van der Waals surface area (Å²) in [6.07, 6.45) is 4.81. The summed E-state index contributed by atoms with van der Waals surface area (Å²) in [6.45, 7) is 0.396. The molecule has 1 atom stereocenters. The molecule has 0 saturated heterocycles. The Balaban J connectivity index is 1.82. The van der Waals surface area contributed by atoms with Crippen molar-refractivity contribution in [3.8, 4) is 5.75 Å². The smallest absolute Gasteiger partial charge is 0.243 e. The van der Waals surface area contributed by atoms with Gasteiger partial charge in [-0.2, -0.15) is 16.7 Å². The van der Waals surface area contributed by atoms with Crippen molar-refractivity contribution in [3.63, 3.8) is 0 Å². The Morgan fingerprint density at radius 1 is 1.45 bits per heavy atom. The van der Waals surface area contributed by atoms with Gasteiger partial charge in [0.05, 0.1) is 6.04 Å². The van der Waals surface area contributed by atoms with Gasteiger partial charge in [0, 0.05) is 16.2 Å². The summed E-state index contributed by atoms with van der Waals surface area (Å²) in [5.74, 6) is 2.73. The monoisotopic (exact) mass is 337 g/mol. The van der Waals surface area contributed by atoms with E-state index in [2.05, 4.69) is 10.1 Å². The topological polar surface area (TPSA) is 74.2 Å². The maximum absolute atomic E-state index is 6.04. The molecule has 0 amide bonds. The van der Waals surface area contributed by atoms with Crippen molar-refractivity contribution in [1.29, 1.82) is 0 Å². The predicted molar refractivity (Wildman–Crippen MR) is 89.0 cm³/mol. The Labute approximate surface area is 137 Å². The molecule has 22 heavy (non-hydrogen) atoms. The van der Waals surface area contributed by atoms with Gasteiger partial charge in [-0.15, -0.1) is 0 Å². The standard InChI is InChI=1S/C15H16ClN3O2S/c1-22-5-4-12(17)15-18-14(19-21-15)10-6-9-7-11(16)2-3-13(9)20-8-10/h2-3,6-7,12H,4-5,8,17H2,1H3/t12-/m0/s1. The van der Waals surface area contributed by atoms with Gasteiger partial charge < -0.3 is 15.0 Å². The fourth-order valence-corrected chi connectivity index (χ4v) is 2.83. The van der Waals surface area contributed by atoms with Crippen LogP contribution in [0, 0.1) is 0 Å². The second-order valence-corrected chi connectivity index (χ2v) is 6.41. The third kappa shape index (κ3) is 3.29. The Bertz CT molecular complexity index is 702. The van der Waals surface area contributed by atoms with Crippen molar-refractivity contribution in [3.05, 3.63) is 40.5 Å². The highest BCUT2D eigenvalue weighted by molar-refractivity contribution is 7.98. The molecule has 1 aromatic carbocycles. The average molecular weight is 338 g/mol. The SMILES string of the molecule is CSCC[C@H](N)c1nc(C2=Cc3cc(Cl)ccc3OC2)no1. The molecule has 1 aliphatic heterocycles. The Kier molecular flexibility index (Phi) is 4.71. The summed E-state index contributed by atoms with van der Waals surface area (Å²) in [7, 11) is 0. The molecule has 0 spiro atoms. The number of fused-ring (bicyclic) bond motifs is 1. The van der Waals surface area contributed by atoms with E-state index in [1.165, 1.54) is 0 Å². The van der Waals surface area contributed by atoms with E-state index in [0.29, 0.717) is 23.3 Å². The predicted octanol–water partition coefficient (Wildman–Crippen LogP) is 3.41. The van der Waals surface area contributed by atoms with Crippen LogP contribution in [0.15, 0.2) is 22.7 Å². The van der Waals surface area contributed by atoms with Gasteiger partial charge in [0.25, 0.3) is 0 Å². The highest BCUT2D eigenvalue weighted by Gasteiger charge is 2.20. The van der Waals surface area contributed by atoms with Crippen LogP contribution in [0.2, 0.25) is 5.02 Å². The van der Waals surface area contributed by atoms with Crippen LogP contribution in [-0.2, 0) is 0 Å². The van der Waals surface area contributed by atoms with Gasteiger partial charge in [-0.25, -0.2) is 0 Å². The second-order valence-electron chi connectivity index (χ2n) is 4.98. The normalized spacial score (nSPS) is 15.0. The largest absolute Gasteiger partial charge is 0.488 e. The molecule has 2 aromatic rings. The summed E-state index contributed by atoms with van der Waals surface area (Å²) >= 11 is 7.75. The number of halogens is 1. The first-order valence-corrected chi connectivity index (χ1v) is 8.66. The minimum Gasteiger partial charge on any atom is -0.488 e.